The van der Waals surface area contributed by atoms with Gasteiger partial charge in [0.2, 0.25) is 0 Å². The third-order valence-electron chi connectivity index (χ3n) is 2.73. The van der Waals surface area contributed by atoms with Gasteiger partial charge in [0.1, 0.15) is 6.17 Å². The summed E-state index contributed by atoms with van der Waals surface area (Å²) < 4.78 is 12.9. The van der Waals surface area contributed by atoms with Crippen LogP contribution in [0.3, 0.4) is 0 Å². The van der Waals surface area contributed by atoms with Crippen molar-refractivity contribution in [1.82, 2.24) is 0 Å². The van der Waals surface area contributed by atoms with E-state index in [1.165, 1.54) is 11.1 Å². The van der Waals surface area contributed by atoms with Crippen molar-refractivity contribution < 1.29 is 4.39 Å². The van der Waals surface area contributed by atoms with Gasteiger partial charge in [0.05, 0.1) is 0 Å². The van der Waals surface area contributed by atoms with Crippen molar-refractivity contribution in [2.45, 2.75) is 38.3 Å². The highest BCUT2D eigenvalue weighted by Crippen LogP contribution is 2.45. The molecular formula is C12H15F. The van der Waals surface area contributed by atoms with Crippen molar-refractivity contribution in [1.29, 1.82) is 0 Å². The van der Waals surface area contributed by atoms with Gasteiger partial charge in [-0.25, -0.2) is 4.39 Å². The van der Waals surface area contributed by atoms with E-state index in [2.05, 4.69) is 26.0 Å². The fourth-order valence-electron chi connectivity index (χ4n) is 1.86. The van der Waals surface area contributed by atoms with Crippen molar-refractivity contribution >= 4 is 0 Å². The molecule has 1 fully saturated rings. The van der Waals surface area contributed by atoms with E-state index >= 15 is 0 Å². The van der Waals surface area contributed by atoms with E-state index in [1.807, 2.05) is 12.1 Å². The summed E-state index contributed by atoms with van der Waals surface area (Å²) in [6, 6.07) is 8.23. The van der Waals surface area contributed by atoms with Crippen LogP contribution in [0.2, 0.25) is 0 Å². The summed E-state index contributed by atoms with van der Waals surface area (Å²) in [4.78, 5) is 0. The van der Waals surface area contributed by atoms with Gasteiger partial charge in [-0.2, -0.15) is 0 Å². The molecule has 70 valence electrons. The molecule has 0 unspecified atom stereocenters. The van der Waals surface area contributed by atoms with Gasteiger partial charge in [-0.05, 0) is 23.5 Å². The first-order valence-electron chi connectivity index (χ1n) is 4.93. The number of rotatable bonds is 2. The van der Waals surface area contributed by atoms with E-state index in [-0.39, 0.29) is 5.92 Å². The summed E-state index contributed by atoms with van der Waals surface area (Å²) in [6.45, 7) is 4.32. The number of halogens is 1. The Bertz CT molecular complexity index is 304. The molecule has 0 aliphatic heterocycles. The van der Waals surface area contributed by atoms with Gasteiger partial charge in [0.25, 0.3) is 0 Å². The maximum atomic E-state index is 12.9. The zero-order valence-corrected chi connectivity index (χ0v) is 8.13. The molecule has 1 aliphatic rings. The number of hydrogen-bond acceptors (Lipinski definition) is 0. The van der Waals surface area contributed by atoms with Crippen LogP contribution in [0.15, 0.2) is 24.3 Å². The second kappa shape index (κ2) is 3.13. The molecule has 1 heteroatoms. The van der Waals surface area contributed by atoms with Gasteiger partial charge in [-0.1, -0.05) is 38.1 Å². The molecule has 0 aromatic heterocycles. The van der Waals surface area contributed by atoms with Crippen LogP contribution >= 0.6 is 0 Å². The molecular weight excluding hydrogens is 163 g/mol. The molecule has 1 aromatic carbocycles. The molecule has 2 atom stereocenters. The van der Waals surface area contributed by atoms with Crippen LogP contribution in [0, 0.1) is 0 Å². The molecule has 0 radical (unpaired) electrons. The zero-order valence-electron chi connectivity index (χ0n) is 8.13. The molecule has 0 spiro atoms. The molecule has 13 heavy (non-hydrogen) atoms. The van der Waals surface area contributed by atoms with Crippen LogP contribution in [0.1, 0.15) is 43.2 Å². The maximum Gasteiger partial charge on any atom is 0.108 e. The third-order valence-corrected chi connectivity index (χ3v) is 2.73. The fraction of sp³-hybridized carbons (Fsp3) is 0.500. The van der Waals surface area contributed by atoms with Gasteiger partial charge in [0.15, 0.2) is 0 Å². The third kappa shape index (κ3) is 1.60. The second-order valence-corrected chi connectivity index (χ2v) is 4.14. The standard InChI is InChI=1S/C12H15F/c1-8(2)9-5-3-4-6-10(9)11-7-12(11)13/h3-6,8,11-12H,7H2,1-2H3/t11-,12+/m0/s1. The summed E-state index contributed by atoms with van der Waals surface area (Å²) in [6.07, 6.45) is 0.142. The molecule has 0 amide bonds. The van der Waals surface area contributed by atoms with Crippen molar-refractivity contribution in [3.05, 3.63) is 35.4 Å². The topological polar surface area (TPSA) is 0 Å². The summed E-state index contributed by atoms with van der Waals surface area (Å²) in [5.74, 6) is 0.697. The minimum absolute atomic E-state index is 0.193. The van der Waals surface area contributed by atoms with Gasteiger partial charge < -0.3 is 0 Å². The van der Waals surface area contributed by atoms with Crippen LogP contribution in [-0.2, 0) is 0 Å². The number of alkyl halides is 1. The van der Waals surface area contributed by atoms with E-state index in [1.54, 1.807) is 0 Å². The van der Waals surface area contributed by atoms with Crippen molar-refractivity contribution in [3.63, 3.8) is 0 Å². The first-order chi connectivity index (χ1) is 6.20. The van der Waals surface area contributed by atoms with E-state index < -0.39 is 6.17 Å². The van der Waals surface area contributed by atoms with E-state index in [4.69, 9.17) is 0 Å². The molecule has 1 aliphatic carbocycles. The normalized spacial score (nSPS) is 26.5. The van der Waals surface area contributed by atoms with Crippen molar-refractivity contribution in [3.8, 4) is 0 Å². The highest BCUT2D eigenvalue weighted by Gasteiger charge is 2.39. The molecule has 0 nitrogen and oxygen atoms in total. The highest BCUT2D eigenvalue weighted by atomic mass is 19.1. The first kappa shape index (κ1) is 8.74. The molecule has 1 aromatic rings. The minimum atomic E-state index is -0.583. The lowest BCUT2D eigenvalue weighted by Gasteiger charge is -2.11. The SMILES string of the molecule is CC(C)c1ccccc1[C@@H]1C[C@H]1F. The van der Waals surface area contributed by atoms with Crippen LogP contribution < -0.4 is 0 Å². The highest BCUT2D eigenvalue weighted by molar-refractivity contribution is 5.36. The Morgan fingerprint density at radius 2 is 1.92 bits per heavy atom. The van der Waals surface area contributed by atoms with E-state index in [9.17, 15) is 4.39 Å². The summed E-state index contributed by atoms with van der Waals surface area (Å²) >= 11 is 0. The van der Waals surface area contributed by atoms with Gasteiger partial charge in [0, 0.05) is 5.92 Å². The quantitative estimate of drug-likeness (QED) is 0.648. The summed E-state index contributed by atoms with van der Waals surface area (Å²) in [5.41, 5.74) is 2.54. The van der Waals surface area contributed by atoms with Crippen LogP contribution in [0.5, 0.6) is 0 Å². The summed E-state index contributed by atoms with van der Waals surface area (Å²) in [7, 11) is 0. The van der Waals surface area contributed by atoms with Crippen molar-refractivity contribution in [2.75, 3.05) is 0 Å². The van der Waals surface area contributed by atoms with E-state index in [0.29, 0.717) is 5.92 Å². The van der Waals surface area contributed by atoms with E-state index in [0.717, 1.165) is 6.42 Å². The Labute approximate surface area is 78.8 Å². The largest absolute Gasteiger partial charge is 0.247 e. The molecule has 0 saturated heterocycles. The smallest absolute Gasteiger partial charge is 0.108 e. The van der Waals surface area contributed by atoms with Gasteiger partial charge in [-0.15, -0.1) is 0 Å². The van der Waals surface area contributed by atoms with Crippen LogP contribution in [-0.4, -0.2) is 6.17 Å². The number of hydrogen-bond donors (Lipinski definition) is 0. The maximum absolute atomic E-state index is 12.9. The Morgan fingerprint density at radius 3 is 2.46 bits per heavy atom. The lowest BCUT2D eigenvalue weighted by atomic mass is 9.94. The minimum Gasteiger partial charge on any atom is -0.247 e. The lowest BCUT2D eigenvalue weighted by Crippen LogP contribution is -1.95. The predicted molar refractivity (Wildman–Crippen MR) is 52.8 cm³/mol. The molecule has 1 saturated carbocycles. The number of benzene rings is 1. The zero-order chi connectivity index (χ0) is 9.42. The van der Waals surface area contributed by atoms with Crippen LogP contribution in [0.25, 0.3) is 0 Å². The molecule has 0 bridgehead atoms. The molecule has 2 rings (SSSR count). The molecule has 0 N–H and O–H groups in total. The first-order valence-corrected chi connectivity index (χ1v) is 4.93. The Morgan fingerprint density at radius 1 is 1.31 bits per heavy atom. The Balaban J connectivity index is 2.33. The molecule has 0 heterocycles. The predicted octanol–water partition coefficient (Wildman–Crippen LogP) is 3.64. The Kier molecular flexibility index (Phi) is 2.10. The monoisotopic (exact) mass is 178 g/mol. The van der Waals surface area contributed by atoms with Gasteiger partial charge >= 0.3 is 0 Å². The second-order valence-electron chi connectivity index (χ2n) is 4.14. The average molecular weight is 178 g/mol. The fourth-order valence-corrected chi connectivity index (χ4v) is 1.86. The summed E-state index contributed by atoms with van der Waals surface area (Å²) in [5, 5.41) is 0. The van der Waals surface area contributed by atoms with Crippen molar-refractivity contribution in [2.24, 2.45) is 0 Å². The van der Waals surface area contributed by atoms with Crippen LogP contribution in [0.4, 0.5) is 4.39 Å². The van der Waals surface area contributed by atoms with Gasteiger partial charge in [-0.3, -0.25) is 0 Å². The lowest BCUT2D eigenvalue weighted by molar-refractivity contribution is 0.467. The Hall–Kier alpha value is -0.850. The average Bonchev–Trinajstić information content (AvgIpc) is 2.82.